The second kappa shape index (κ2) is 8.73. The summed E-state index contributed by atoms with van der Waals surface area (Å²) in [6.45, 7) is 1.03. The molecular weight excluding hydrogens is 436 g/mol. The Morgan fingerprint density at radius 3 is 2.52 bits per heavy atom. The zero-order valence-electron chi connectivity index (χ0n) is 17.3. The van der Waals surface area contributed by atoms with Gasteiger partial charge in [0.2, 0.25) is 17.7 Å². The molecule has 1 aromatic carbocycles. The first-order valence-corrected chi connectivity index (χ1v) is 11.6. The smallest absolute Gasteiger partial charge is 0.240 e. The standard InChI is InChI=1S/C23H25ClN2O4S/c1-25-19(27)13-23(22(25)30,16-5-2-3-6-17(16)24)14-20(28)26-10-8-15(9-11-26)21(29)18-7-4-12-31-18/h2-7,12,15,21,29H,8-11,13-14H2,1H3/t21-,23+/m1/s1. The van der Waals surface area contributed by atoms with Gasteiger partial charge < -0.3 is 10.0 Å². The van der Waals surface area contributed by atoms with Crippen LogP contribution in [-0.2, 0) is 19.8 Å². The highest BCUT2D eigenvalue weighted by Gasteiger charge is 2.53. The molecule has 2 aromatic rings. The third kappa shape index (κ3) is 4.02. The number of likely N-dealkylation sites (N-methyl/N-ethyl adjacent to an activating group) is 1. The van der Waals surface area contributed by atoms with E-state index in [0.717, 1.165) is 9.78 Å². The molecule has 0 bridgehead atoms. The minimum Gasteiger partial charge on any atom is -0.387 e. The fourth-order valence-corrected chi connectivity index (χ4v) is 5.83. The van der Waals surface area contributed by atoms with Crippen molar-refractivity contribution in [3.05, 3.63) is 57.2 Å². The van der Waals surface area contributed by atoms with Crippen molar-refractivity contribution in [1.82, 2.24) is 9.80 Å². The molecule has 2 saturated heterocycles. The molecular formula is C23H25ClN2O4S. The Morgan fingerprint density at radius 1 is 1.23 bits per heavy atom. The molecule has 1 aromatic heterocycles. The number of benzene rings is 1. The van der Waals surface area contributed by atoms with Gasteiger partial charge in [-0.05, 0) is 41.8 Å². The van der Waals surface area contributed by atoms with Crippen LogP contribution in [-0.4, -0.2) is 52.8 Å². The van der Waals surface area contributed by atoms with E-state index in [-0.39, 0.29) is 36.5 Å². The van der Waals surface area contributed by atoms with E-state index in [9.17, 15) is 19.5 Å². The third-order valence-corrected chi connectivity index (χ3v) is 7.83. The highest BCUT2D eigenvalue weighted by molar-refractivity contribution is 7.10. The maximum Gasteiger partial charge on any atom is 0.240 e. The number of amides is 3. The number of nitrogens with zero attached hydrogens (tertiary/aromatic N) is 2. The molecule has 0 radical (unpaired) electrons. The number of aliphatic hydroxyl groups excluding tert-OH is 1. The molecule has 0 aliphatic carbocycles. The number of hydrogen-bond acceptors (Lipinski definition) is 5. The van der Waals surface area contributed by atoms with Crippen LogP contribution in [0.2, 0.25) is 5.02 Å². The predicted octanol–water partition coefficient (Wildman–Crippen LogP) is 3.39. The highest BCUT2D eigenvalue weighted by Crippen LogP contribution is 2.43. The van der Waals surface area contributed by atoms with Crippen molar-refractivity contribution in [2.24, 2.45) is 5.92 Å². The van der Waals surface area contributed by atoms with E-state index >= 15 is 0 Å². The molecule has 3 heterocycles. The van der Waals surface area contributed by atoms with Crippen molar-refractivity contribution in [2.45, 2.75) is 37.2 Å². The average Bonchev–Trinajstić information content (AvgIpc) is 3.38. The second-order valence-electron chi connectivity index (χ2n) is 8.35. The van der Waals surface area contributed by atoms with Gasteiger partial charge in [0.25, 0.3) is 0 Å². The van der Waals surface area contributed by atoms with Crippen LogP contribution in [0.25, 0.3) is 0 Å². The molecule has 0 unspecified atom stereocenters. The van der Waals surface area contributed by atoms with Crippen LogP contribution in [0.1, 0.15) is 42.2 Å². The quantitative estimate of drug-likeness (QED) is 0.694. The number of piperidine rings is 1. The molecule has 3 amide bonds. The summed E-state index contributed by atoms with van der Waals surface area (Å²) in [7, 11) is 1.45. The molecule has 2 aliphatic rings. The largest absolute Gasteiger partial charge is 0.387 e. The number of carbonyl (C=O) groups excluding carboxylic acids is 3. The Balaban J connectivity index is 1.50. The van der Waals surface area contributed by atoms with Gasteiger partial charge in [-0.2, -0.15) is 0 Å². The van der Waals surface area contributed by atoms with Crippen LogP contribution in [0, 0.1) is 5.92 Å². The van der Waals surface area contributed by atoms with Crippen molar-refractivity contribution in [3.63, 3.8) is 0 Å². The monoisotopic (exact) mass is 460 g/mol. The minimum atomic E-state index is -1.27. The Hall–Kier alpha value is -2.22. The molecule has 4 rings (SSSR count). The highest BCUT2D eigenvalue weighted by atomic mass is 35.5. The number of imide groups is 1. The van der Waals surface area contributed by atoms with Crippen LogP contribution in [0.4, 0.5) is 0 Å². The van der Waals surface area contributed by atoms with Gasteiger partial charge in [0, 0.05) is 42.9 Å². The Bertz CT molecular complexity index is 987. The van der Waals surface area contributed by atoms with E-state index in [1.165, 1.54) is 18.4 Å². The van der Waals surface area contributed by atoms with E-state index in [4.69, 9.17) is 11.6 Å². The summed E-state index contributed by atoms with van der Waals surface area (Å²) >= 11 is 7.93. The van der Waals surface area contributed by atoms with Crippen molar-refractivity contribution in [2.75, 3.05) is 20.1 Å². The van der Waals surface area contributed by atoms with Gasteiger partial charge in [0.15, 0.2) is 0 Å². The molecule has 0 spiro atoms. The summed E-state index contributed by atoms with van der Waals surface area (Å²) in [6.07, 6.45) is 0.706. The van der Waals surface area contributed by atoms with Crippen LogP contribution >= 0.6 is 22.9 Å². The first-order chi connectivity index (χ1) is 14.8. The number of carbonyl (C=O) groups is 3. The lowest BCUT2D eigenvalue weighted by Crippen LogP contribution is -2.45. The van der Waals surface area contributed by atoms with Gasteiger partial charge in [-0.1, -0.05) is 35.9 Å². The first kappa shape index (κ1) is 22.0. The Labute approximate surface area is 190 Å². The minimum absolute atomic E-state index is 0.0641. The predicted molar refractivity (Wildman–Crippen MR) is 119 cm³/mol. The normalized spacial score (nSPS) is 23.5. The SMILES string of the molecule is CN1C(=O)C[C@](CC(=O)N2CCC([C@@H](O)c3cccs3)CC2)(c2ccccc2Cl)C1=O. The fraction of sp³-hybridized carbons (Fsp3) is 0.435. The van der Waals surface area contributed by atoms with Gasteiger partial charge >= 0.3 is 0 Å². The summed E-state index contributed by atoms with van der Waals surface area (Å²) < 4.78 is 0. The third-order valence-electron chi connectivity index (χ3n) is 6.56. The van der Waals surface area contributed by atoms with Gasteiger partial charge in [-0.25, -0.2) is 0 Å². The van der Waals surface area contributed by atoms with Crippen LogP contribution in [0.15, 0.2) is 41.8 Å². The topological polar surface area (TPSA) is 77.9 Å². The van der Waals surface area contributed by atoms with Gasteiger partial charge in [-0.15, -0.1) is 11.3 Å². The van der Waals surface area contributed by atoms with E-state index in [1.54, 1.807) is 29.2 Å². The van der Waals surface area contributed by atoms with Crippen molar-refractivity contribution >= 4 is 40.7 Å². The lowest BCUT2D eigenvalue weighted by Gasteiger charge is -2.36. The van der Waals surface area contributed by atoms with Gasteiger partial charge in [0.1, 0.15) is 0 Å². The maximum atomic E-state index is 13.2. The van der Waals surface area contributed by atoms with Gasteiger partial charge in [0.05, 0.1) is 11.5 Å². The lowest BCUT2D eigenvalue weighted by atomic mass is 9.75. The molecule has 2 fully saturated rings. The van der Waals surface area contributed by atoms with Crippen LogP contribution in [0.5, 0.6) is 0 Å². The molecule has 2 aliphatic heterocycles. The van der Waals surface area contributed by atoms with E-state index < -0.39 is 11.5 Å². The number of aliphatic hydroxyl groups is 1. The molecule has 164 valence electrons. The summed E-state index contributed by atoms with van der Waals surface area (Å²) in [6, 6.07) is 10.8. The summed E-state index contributed by atoms with van der Waals surface area (Å²) in [4.78, 5) is 42.5. The fourth-order valence-electron chi connectivity index (χ4n) is 4.71. The molecule has 6 nitrogen and oxygen atoms in total. The summed E-state index contributed by atoms with van der Waals surface area (Å²) in [5, 5.41) is 12.9. The lowest BCUT2D eigenvalue weighted by molar-refractivity contribution is -0.142. The molecule has 2 atom stereocenters. The zero-order chi connectivity index (χ0) is 22.2. The number of thiophene rings is 1. The van der Waals surface area contributed by atoms with E-state index in [1.807, 2.05) is 17.5 Å². The summed E-state index contributed by atoms with van der Waals surface area (Å²) in [5.74, 6) is -0.765. The van der Waals surface area contributed by atoms with Crippen molar-refractivity contribution < 1.29 is 19.5 Å². The first-order valence-electron chi connectivity index (χ1n) is 10.4. The van der Waals surface area contributed by atoms with E-state index in [0.29, 0.717) is 36.5 Å². The van der Waals surface area contributed by atoms with Crippen LogP contribution in [0.3, 0.4) is 0 Å². The molecule has 31 heavy (non-hydrogen) atoms. The second-order valence-corrected chi connectivity index (χ2v) is 9.74. The number of rotatable bonds is 5. The number of likely N-dealkylation sites (tertiary alicyclic amines) is 2. The Morgan fingerprint density at radius 2 is 1.94 bits per heavy atom. The molecule has 0 saturated carbocycles. The summed E-state index contributed by atoms with van der Waals surface area (Å²) in [5.41, 5.74) is -0.745. The number of hydrogen-bond donors (Lipinski definition) is 1. The van der Waals surface area contributed by atoms with Crippen molar-refractivity contribution in [1.29, 1.82) is 0 Å². The average molecular weight is 461 g/mol. The van der Waals surface area contributed by atoms with Crippen molar-refractivity contribution in [3.8, 4) is 0 Å². The van der Waals surface area contributed by atoms with Crippen LogP contribution < -0.4 is 0 Å². The Kier molecular flexibility index (Phi) is 6.19. The maximum absolute atomic E-state index is 13.2. The number of halogens is 1. The van der Waals surface area contributed by atoms with E-state index in [2.05, 4.69) is 0 Å². The van der Waals surface area contributed by atoms with Gasteiger partial charge in [-0.3, -0.25) is 19.3 Å². The zero-order valence-corrected chi connectivity index (χ0v) is 18.9. The molecule has 8 heteroatoms. The molecule has 1 N–H and O–H groups in total.